The molecule has 0 aliphatic heterocycles. The van der Waals surface area contributed by atoms with Gasteiger partial charge in [-0.25, -0.2) is 0 Å². The molecule has 0 aliphatic carbocycles. The zero-order valence-electron chi connectivity index (χ0n) is 12.0. The van der Waals surface area contributed by atoms with E-state index in [1.807, 2.05) is 37.3 Å². The van der Waals surface area contributed by atoms with Crippen molar-refractivity contribution in [3.63, 3.8) is 0 Å². The second kappa shape index (κ2) is 5.99. The SMILES string of the molecule is Cc1ncccc1C(Cc1ccc2ccccc2n1)NN. The highest BCUT2D eigenvalue weighted by atomic mass is 15.2. The Labute approximate surface area is 124 Å². The first-order chi connectivity index (χ1) is 10.3. The molecule has 0 spiro atoms. The summed E-state index contributed by atoms with van der Waals surface area (Å²) in [6, 6.07) is 16.3. The minimum absolute atomic E-state index is 0.00682. The maximum absolute atomic E-state index is 5.73. The van der Waals surface area contributed by atoms with Crippen LogP contribution < -0.4 is 11.3 Å². The van der Waals surface area contributed by atoms with Crippen LogP contribution in [0.25, 0.3) is 10.9 Å². The van der Waals surface area contributed by atoms with Crippen LogP contribution in [0.1, 0.15) is 23.0 Å². The second-order valence-corrected chi connectivity index (χ2v) is 5.10. The summed E-state index contributed by atoms with van der Waals surface area (Å²) in [5, 5.41) is 1.15. The van der Waals surface area contributed by atoms with Gasteiger partial charge >= 0.3 is 0 Å². The van der Waals surface area contributed by atoms with Gasteiger partial charge < -0.3 is 0 Å². The van der Waals surface area contributed by atoms with E-state index in [1.165, 1.54) is 0 Å². The number of nitrogens with one attached hydrogen (secondary N) is 1. The number of hydrazine groups is 1. The molecule has 21 heavy (non-hydrogen) atoms. The number of benzene rings is 1. The Morgan fingerprint density at radius 1 is 1.10 bits per heavy atom. The van der Waals surface area contributed by atoms with Gasteiger partial charge in [0, 0.05) is 29.4 Å². The van der Waals surface area contributed by atoms with Gasteiger partial charge in [0.15, 0.2) is 0 Å². The summed E-state index contributed by atoms with van der Waals surface area (Å²) in [6.45, 7) is 1.99. The van der Waals surface area contributed by atoms with E-state index in [1.54, 1.807) is 6.20 Å². The molecule has 0 saturated heterocycles. The Bertz CT molecular complexity index is 754. The number of hydrogen-bond donors (Lipinski definition) is 2. The number of fused-ring (bicyclic) bond motifs is 1. The molecule has 1 unspecified atom stereocenters. The number of nitrogens with two attached hydrogens (primary N) is 1. The summed E-state index contributed by atoms with van der Waals surface area (Å²) in [4.78, 5) is 9.03. The Morgan fingerprint density at radius 3 is 2.76 bits per heavy atom. The highest BCUT2D eigenvalue weighted by Gasteiger charge is 2.14. The van der Waals surface area contributed by atoms with Gasteiger partial charge in [0.1, 0.15) is 0 Å². The highest BCUT2D eigenvalue weighted by Crippen LogP contribution is 2.20. The van der Waals surface area contributed by atoms with Gasteiger partial charge in [-0.05, 0) is 30.7 Å². The first-order valence-electron chi connectivity index (χ1n) is 7.00. The molecule has 4 heteroatoms. The average molecular weight is 278 g/mol. The molecule has 0 radical (unpaired) electrons. The fourth-order valence-corrected chi connectivity index (χ4v) is 2.55. The molecular formula is C17H18N4. The molecule has 3 aromatic rings. The molecule has 0 bridgehead atoms. The Hall–Kier alpha value is -2.30. The highest BCUT2D eigenvalue weighted by molar-refractivity contribution is 5.78. The summed E-state index contributed by atoms with van der Waals surface area (Å²) >= 11 is 0. The van der Waals surface area contributed by atoms with E-state index < -0.39 is 0 Å². The lowest BCUT2D eigenvalue weighted by Crippen LogP contribution is -2.30. The van der Waals surface area contributed by atoms with Gasteiger partial charge in [-0.1, -0.05) is 30.3 Å². The first kappa shape index (κ1) is 13.7. The van der Waals surface area contributed by atoms with Gasteiger partial charge in [0.2, 0.25) is 0 Å². The minimum atomic E-state index is 0.00682. The maximum Gasteiger partial charge on any atom is 0.0705 e. The molecule has 2 heterocycles. The molecule has 0 fully saturated rings. The third-order valence-electron chi connectivity index (χ3n) is 3.69. The van der Waals surface area contributed by atoms with Crippen molar-refractivity contribution < 1.29 is 0 Å². The summed E-state index contributed by atoms with van der Waals surface area (Å²) in [6.07, 6.45) is 2.52. The Kier molecular flexibility index (Phi) is 3.90. The molecule has 1 aromatic carbocycles. The number of nitrogens with zero attached hydrogens (tertiary/aromatic N) is 2. The van der Waals surface area contributed by atoms with Gasteiger partial charge in [-0.2, -0.15) is 0 Å². The first-order valence-corrected chi connectivity index (χ1v) is 7.00. The molecule has 2 aromatic heterocycles. The van der Waals surface area contributed by atoms with E-state index in [0.29, 0.717) is 0 Å². The van der Waals surface area contributed by atoms with Crippen molar-refractivity contribution in [2.45, 2.75) is 19.4 Å². The van der Waals surface area contributed by atoms with Crippen LogP contribution in [0.2, 0.25) is 0 Å². The third-order valence-corrected chi connectivity index (χ3v) is 3.69. The number of para-hydroxylation sites is 1. The van der Waals surface area contributed by atoms with E-state index in [0.717, 1.165) is 34.3 Å². The van der Waals surface area contributed by atoms with Crippen LogP contribution >= 0.6 is 0 Å². The van der Waals surface area contributed by atoms with Crippen molar-refractivity contribution in [2.24, 2.45) is 5.84 Å². The zero-order valence-corrected chi connectivity index (χ0v) is 12.0. The molecule has 4 nitrogen and oxygen atoms in total. The number of pyridine rings is 2. The molecule has 0 aliphatic rings. The molecule has 106 valence electrons. The summed E-state index contributed by atoms with van der Waals surface area (Å²) in [5.41, 5.74) is 6.99. The van der Waals surface area contributed by atoms with Crippen LogP contribution in [0.15, 0.2) is 54.7 Å². The topological polar surface area (TPSA) is 63.8 Å². The summed E-state index contributed by atoms with van der Waals surface area (Å²) in [7, 11) is 0. The largest absolute Gasteiger partial charge is 0.271 e. The van der Waals surface area contributed by atoms with Crippen LogP contribution in [0, 0.1) is 6.92 Å². The molecule has 3 rings (SSSR count). The van der Waals surface area contributed by atoms with E-state index >= 15 is 0 Å². The number of aryl methyl sites for hydroxylation is 1. The molecule has 3 N–H and O–H groups in total. The van der Waals surface area contributed by atoms with Crippen molar-refractivity contribution in [3.8, 4) is 0 Å². The number of rotatable bonds is 4. The number of hydrogen-bond acceptors (Lipinski definition) is 4. The van der Waals surface area contributed by atoms with Crippen molar-refractivity contribution in [1.29, 1.82) is 0 Å². The second-order valence-electron chi connectivity index (χ2n) is 5.10. The average Bonchev–Trinajstić information content (AvgIpc) is 2.53. The lowest BCUT2D eigenvalue weighted by Gasteiger charge is -2.17. The van der Waals surface area contributed by atoms with Crippen molar-refractivity contribution in [3.05, 3.63) is 71.7 Å². The zero-order chi connectivity index (χ0) is 14.7. The van der Waals surface area contributed by atoms with Crippen LogP contribution in [0.3, 0.4) is 0 Å². The van der Waals surface area contributed by atoms with E-state index in [4.69, 9.17) is 10.8 Å². The summed E-state index contributed by atoms with van der Waals surface area (Å²) < 4.78 is 0. The lowest BCUT2D eigenvalue weighted by molar-refractivity contribution is 0.542. The predicted molar refractivity (Wildman–Crippen MR) is 84.5 cm³/mol. The van der Waals surface area contributed by atoms with Gasteiger partial charge in [0.05, 0.1) is 11.6 Å². The fourth-order valence-electron chi connectivity index (χ4n) is 2.55. The fraction of sp³-hybridized carbons (Fsp3) is 0.176. The molecule has 0 amide bonds. The van der Waals surface area contributed by atoms with E-state index in [2.05, 4.69) is 28.6 Å². The normalized spacial score (nSPS) is 12.5. The smallest absolute Gasteiger partial charge is 0.0705 e. The van der Waals surface area contributed by atoms with Crippen LogP contribution in [0.5, 0.6) is 0 Å². The standard InChI is InChI=1S/C17H18N4/c1-12-15(6-4-10-19-12)17(21-18)11-14-9-8-13-5-2-3-7-16(13)20-14/h2-10,17,21H,11,18H2,1H3. The predicted octanol–water partition coefficient (Wildman–Crippen LogP) is 2.69. The monoisotopic (exact) mass is 278 g/mol. The molecular weight excluding hydrogens is 260 g/mol. The van der Waals surface area contributed by atoms with E-state index in [-0.39, 0.29) is 6.04 Å². The van der Waals surface area contributed by atoms with Crippen molar-refractivity contribution in [2.75, 3.05) is 0 Å². The van der Waals surface area contributed by atoms with Crippen LogP contribution in [0.4, 0.5) is 0 Å². The van der Waals surface area contributed by atoms with Gasteiger partial charge in [0.25, 0.3) is 0 Å². The minimum Gasteiger partial charge on any atom is -0.271 e. The maximum atomic E-state index is 5.73. The van der Waals surface area contributed by atoms with Gasteiger partial charge in [-0.3, -0.25) is 21.2 Å². The van der Waals surface area contributed by atoms with E-state index in [9.17, 15) is 0 Å². The van der Waals surface area contributed by atoms with Crippen molar-refractivity contribution >= 4 is 10.9 Å². The summed E-state index contributed by atoms with van der Waals surface area (Å²) in [5.74, 6) is 5.73. The quantitative estimate of drug-likeness (QED) is 0.569. The third kappa shape index (κ3) is 2.91. The molecule has 0 saturated carbocycles. The van der Waals surface area contributed by atoms with Gasteiger partial charge in [-0.15, -0.1) is 0 Å². The van der Waals surface area contributed by atoms with Crippen LogP contribution in [-0.4, -0.2) is 9.97 Å². The Morgan fingerprint density at radius 2 is 1.95 bits per heavy atom. The lowest BCUT2D eigenvalue weighted by atomic mass is 10.0. The Balaban J connectivity index is 1.90. The molecule has 1 atom stereocenters. The van der Waals surface area contributed by atoms with Crippen LogP contribution in [-0.2, 0) is 6.42 Å². The number of aromatic nitrogens is 2. The van der Waals surface area contributed by atoms with Crippen molar-refractivity contribution in [1.82, 2.24) is 15.4 Å².